The molecule has 0 amide bonds. The molecule has 0 aromatic heterocycles. The number of ether oxygens (including phenoxy) is 1. The second-order valence-electron chi connectivity index (χ2n) is 11.0. The molecule has 0 radical (unpaired) electrons. The second-order valence-corrected chi connectivity index (χ2v) is 11.0. The summed E-state index contributed by atoms with van der Waals surface area (Å²) in [5.74, 6) is 0.944. The van der Waals surface area contributed by atoms with E-state index in [9.17, 15) is 4.79 Å². The van der Waals surface area contributed by atoms with E-state index in [4.69, 9.17) is 4.74 Å². The van der Waals surface area contributed by atoms with Gasteiger partial charge in [-0.25, -0.2) is 0 Å². The third-order valence-electron chi connectivity index (χ3n) is 8.58. The van der Waals surface area contributed by atoms with Crippen LogP contribution in [0.5, 0.6) is 0 Å². The standard InChI is InChI=1S/C27H38N2O2/c1-18-7-5-9-21(13-18)29-12-11-28(16-20(29)3)17-23-22-14-24-19(2)8-6-10-27(24,4)15-25(22)31-26(23)30/h5,7,9,13-14,19-20,22-23,25H,6,8,10-12,15-17H2,1-4H3/t19-,20+,22+,23-,25+,27+/m0/s1. The maximum absolute atomic E-state index is 12.9. The molecule has 4 heteroatoms. The fourth-order valence-electron chi connectivity index (χ4n) is 6.93. The van der Waals surface area contributed by atoms with E-state index in [1.807, 2.05) is 0 Å². The van der Waals surface area contributed by atoms with Crippen molar-refractivity contribution in [2.45, 2.75) is 65.5 Å². The topological polar surface area (TPSA) is 32.8 Å². The Hall–Kier alpha value is -1.81. The molecule has 2 aliphatic carbocycles. The normalized spacial score (nSPS) is 38.3. The average molecular weight is 423 g/mol. The summed E-state index contributed by atoms with van der Waals surface area (Å²) in [6, 6.07) is 9.24. The van der Waals surface area contributed by atoms with Crippen LogP contribution in [0, 0.1) is 30.1 Å². The zero-order valence-electron chi connectivity index (χ0n) is 19.6. The van der Waals surface area contributed by atoms with E-state index in [2.05, 4.69) is 67.8 Å². The van der Waals surface area contributed by atoms with E-state index in [1.165, 1.54) is 30.5 Å². The molecule has 2 aliphatic heterocycles. The lowest BCUT2D eigenvalue weighted by Gasteiger charge is -2.46. The van der Waals surface area contributed by atoms with E-state index in [1.54, 1.807) is 5.57 Å². The van der Waals surface area contributed by atoms with Crippen LogP contribution in [-0.2, 0) is 9.53 Å². The average Bonchev–Trinajstić information content (AvgIpc) is 3.00. The minimum absolute atomic E-state index is 0.00565. The van der Waals surface area contributed by atoms with Gasteiger partial charge in [0, 0.05) is 43.8 Å². The highest BCUT2D eigenvalue weighted by Crippen LogP contribution is 2.54. The molecule has 0 spiro atoms. The van der Waals surface area contributed by atoms with Crippen molar-refractivity contribution in [1.82, 2.24) is 4.90 Å². The monoisotopic (exact) mass is 422 g/mol. The molecule has 1 aromatic rings. The number of anilines is 1. The van der Waals surface area contributed by atoms with Crippen molar-refractivity contribution in [3.63, 3.8) is 0 Å². The number of fused-ring (bicyclic) bond motifs is 2. The molecule has 168 valence electrons. The number of hydrogen-bond donors (Lipinski definition) is 0. The molecular weight excluding hydrogens is 384 g/mol. The largest absolute Gasteiger partial charge is 0.461 e. The molecule has 4 nitrogen and oxygen atoms in total. The van der Waals surface area contributed by atoms with E-state index in [0.717, 1.165) is 32.6 Å². The number of rotatable bonds is 3. The van der Waals surface area contributed by atoms with Gasteiger partial charge < -0.3 is 9.64 Å². The summed E-state index contributed by atoms with van der Waals surface area (Å²) in [5.41, 5.74) is 4.47. The van der Waals surface area contributed by atoms with Crippen LogP contribution in [0.1, 0.15) is 52.0 Å². The van der Waals surface area contributed by atoms with Crippen molar-refractivity contribution in [2.24, 2.45) is 23.2 Å². The van der Waals surface area contributed by atoms with Crippen LogP contribution in [0.2, 0.25) is 0 Å². The van der Waals surface area contributed by atoms with Crippen molar-refractivity contribution in [3.05, 3.63) is 41.5 Å². The molecular formula is C27H38N2O2. The Morgan fingerprint density at radius 2 is 2.06 bits per heavy atom. The van der Waals surface area contributed by atoms with Gasteiger partial charge in [-0.05, 0) is 62.1 Å². The number of hydrogen-bond acceptors (Lipinski definition) is 4. The van der Waals surface area contributed by atoms with Crippen LogP contribution in [0.4, 0.5) is 5.69 Å². The molecule has 2 heterocycles. The number of nitrogens with zero attached hydrogens (tertiary/aromatic N) is 2. The molecule has 5 rings (SSSR count). The Morgan fingerprint density at radius 1 is 1.23 bits per heavy atom. The van der Waals surface area contributed by atoms with Crippen LogP contribution in [0.25, 0.3) is 0 Å². The molecule has 3 fully saturated rings. The Balaban J connectivity index is 1.29. The van der Waals surface area contributed by atoms with Gasteiger partial charge in [-0.1, -0.05) is 44.1 Å². The number of esters is 1. The molecule has 4 aliphatic rings. The summed E-state index contributed by atoms with van der Waals surface area (Å²) in [6.45, 7) is 13.1. The lowest BCUT2D eigenvalue weighted by atomic mass is 9.59. The minimum atomic E-state index is -0.00565. The van der Waals surface area contributed by atoms with Crippen molar-refractivity contribution in [1.29, 1.82) is 0 Å². The van der Waals surface area contributed by atoms with Crippen molar-refractivity contribution < 1.29 is 9.53 Å². The van der Waals surface area contributed by atoms with Crippen LogP contribution < -0.4 is 4.90 Å². The van der Waals surface area contributed by atoms with Crippen LogP contribution in [0.15, 0.2) is 35.9 Å². The van der Waals surface area contributed by atoms with Gasteiger partial charge in [0.15, 0.2) is 0 Å². The zero-order valence-corrected chi connectivity index (χ0v) is 19.6. The molecule has 0 unspecified atom stereocenters. The zero-order chi connectivity index (χ0) is 21.8. The van der Waals surface area contributed by atoms with Gasteiger partial charge in [-0.2, -0.15) is 0 Å². The van der Waals surface area contributed by atoms with Crippen LogP contribution in [-0.4, -0.2) is 49.2 Å². The summed E-state index contributed by atoms with van der Waals surface area (Å²) in [6.07, 6.45) is 7.42. The summed E-state index contributed by atoms with van der Waals surface area (Å²) in [4.78, 5) is 17.9. The van der Waals surface area contributed by atoms with Gasteiger partial charge in [0.25, 0.3) is 0 Å². The van der Waals surface area contributed by atoms with Gasteiger partial charge in [0.05, 0.1) is 5.92 Å². The van der Waals surface area contributed by atoms with E-state index in [-0.39, 0.29) is 29.3 Å². The van der Waals surface area contributed by atoms with Gasteiger partial charge in [-0.3, -0.25) is 9.69 Å². The maximum Gasteiger partial charge on any atom is 0.311 e. The number of carbonyl (C=O) groups excluding carboxylic acids is 1. The van der Waals surface area contributed by atoms with Crippen molar-refractivity contribution in [2.75, 3.05) is 31.1 Å². The highest BCUT2D eigenvalue weighted by molar-refractivity contribution is 5.76. The molecule has 0 N–H and O–H groups in total. The van der Waals surface area contributed by atoms with Crippen molar-refractivity contribution >= 4 is 11.7 Å². The first-order chi connectivity index (χ1) is 14.8. The van der Waals surface area contributed by atoms with E-state index < -0.39 is 0 Å². The quantitative estimate of drug-likeness (QED) is 0.516. The Morgan fingerprint density at radius 3 is 2.84 bits per heavy atom. The van der Waals surface area contributed by atoms with Crippen LogP contribution >= 0.6 is 0 Å². The van der Waals surface area contributed by atoms with Crippen molar-refractivity contribution in [3.8, 4) is 0 Å². The molecule has 0 bridgehead atoms. The number of aryl methyl sites for hydroxylation is 1. The van der Waals surface area contributed by atoms with Gasteiger partial charge in [0.2, 0.25) is 0 Å². The van der Waals surface area contributed by atoms with Gasteiger partial charge in [0.1, 0.15) is 6.10 Å². The van der Waals surface area contributed by atoms with E-state index in [0.29, 0.717) is 12.0 Å². The second kappa shape index (κ2) is 7.95. The highest BCUT2D eigenvalue weighted by atomic mass is 16.6. The smallest absolute Gasteiger partial charge is 0.311 e. The first kappa shape index (κ1) is 21.1. The fourth-order valence-corrected chi connectivity index (χ4v) is 6.93. The lowest BCUT2D eigenvalue weighted by molar-refractivity contribution is -0.145. The van der Waals surface area contributed by atoms with Gasteiger partial charge >= 0.3 is 5.97 Å². The third-order valence-corrected chi connectivity index (χ3v) is 8.58. The molecule has 1 saturated carbocycles. The highest BCUT2D eigenvalue weighted by Gasteiger charge is 2.52. The lowest BCUT2D eigenvalue weighted by Crippen LogP contribution is -2.53. The first-order valence-electron chi connectivity index (χ1n) is 12.3. The number of allylic oxidation sites excluding steroid dienone is 1. The molecule has 2 saturated heterocycles. The summed E-state index contributed by atoms with van der Waals surface area (Å²) >= 11 is 0. The summed E-state index contributed by atoms with van der Waals surface area (Å²) < 4.78 is 5.98. The predicted molar refractivity (Wildman–Crippen MR) is 125 cm³/mol. The summed E-state index contributed by atoms with van der Waals surface area (Å²) in [5, 5.41) is 0. The Bertz CT molecular complexity index is 880. The van der Waals surface area contributed by atoms with Gasteiger partial charge in [-0.15, -0.1) is 0 Å². The Labute approximate surface area is 187 Å². The predicted octanol–water partition coefficient (Wildman–Crippen LogP) is 4.82. The minimum Gasteiger partial charge on any atom is -0.461 e. The third kappa shape index (κ3) is 3.82. The molecule has 1 aromatic carbocycles. The fraction of sp³-hybridized carbons (Fsp3) is 0.667. The van der Waals surface area contributed by atoms with E-state index >= 15 is 0 Å². The SMILES string of the molecule is Cc1cccc(N2CCN(C[C@@H]3C(=O)O[C@@H]4C[C@@]5(C)CCC[C@H](C)C5=C[C@H]34)C[C@H]2C)c1. The number of piperazine rings is 1. The maximum atomic E-state index is 12.9. The Kier molecular flexibility index (Phi) is 5.40. The number of carbonyl (C=O) groups is 1. The first-order valence-corrected chi connectivity index (χ1v) is 12.3. The number of benzene rings is 1. The molecule has 6 atom stereocenters. The molecule has 31 heavy (non-hydrogen) atoms. The summed E-state index contributed by atoms with van der Waals surface area (Å²) in [7, 11) is 0. The van der Waals surface area contributed by atoms with Crippen LogP contribution in [0.3, 0.4) is 0 Å².